The molecule has 1 saturated carbocycles. The molecule has 0 heterocycles. The molecule has 0 aliphatic heterocycles. The molecule has 1 aliphatic carbocycles. The second-order valence-electron chi connectivity index (χ2n) is 5.30. The largest absolute Gasteiger partial charge is 0.340 e. The quantitative estimate of drug-likeness (QED) is 0.844. The topological polar surface area (TPSA) is 44.1 Å². The van der Waals surface area contributed by atoms with Crippen LogP contribution in [0.15, 0.2) is 22.7 Å². The van der Waals surface area contributed by atoms with Gasteiger partial charge in [0.25, 0.3) is 0 Å². The molecule has 2 rings (SSSR count). The van der Waals surface area contributed by atoms with Crippen LogP contribution in [-0.4, -0.2) is 17.9 Å². The van der Waals surface area contributed by atoms with Crippen LogP contribution in [0, 0.1) is 22.6 Å². The highest BCUT2D eigenvalue weighted by atomic mass is 79.9. The third kappa shape index (κ3) is 2.85. The van der Waals surface area contributed by atoms with Gasteiger partial charge in [-0.15, -0.1) is 0 Å². The number of amides is 1. The molecule has 106 valence electrons. The van der Waals surface area contributed by atoms with E-state index in [1.54, 1.807) is 19.2 Å². The normalized spacial score (nSPS) is 16.7. The lowest BCUT2D eigenvalue weighted by molar-refractivity contribution is -0.138. The standard InChI is InChI=1S/C15H16BrFN2O/c1-19(9-11-8-12(16)4-5-13(11)17)14(20)15(10-18)6-2-3-7-15/h4-5,8H,2-3,6-7,9H2,1H3. The fourth-order valence-electron chi connectivity index (χ4n) is 2.71. The van der Waals surface area contributed by atoms with Gasteiger partial charge in [-0.05, 0) is 31.0 Å². The van der Waals surface area contributed by atoms with Gasteiger partial charge in [0.1, 0.15) is 11.2 Å². The Morgan fingerprint density at radius 2 is 2.15 bits per heavy atom. The third-order valence-electron chi connectivity index (χ3n) is 3.84. The zero-order valence-electron chi connectivity index (χ0n) is 11.3. The van der Waals surface area contributed by atoms with Crippen molar-refractivity contribution in [2.45, 2.75) is 32.2 Å². The van der Waals surface area contributed by atoms with Crippen molar-refractivity contribution < 1.29 is 9.18 Å². The highest BCUT2D eigenvalue weighted by Gasteiger charge is 2.43. The van der Waals surface area contributed by atoms with Crippen molar-refractivity contribution >= 4 is 21.8 Å². The summed E-state index contributed by atoms with van der Waals surface area (Å²) >= 11 is 3.29. The molecule has 5 heteroatoms. The molecule has 3 nitrogen and oxygen atoms in total. The first kappa shape index (κ1) is 15.0. The lowest BCUT2D eigenvalue weighted by Gasteiger charge is -2.26. The van der Waals surface area contributed by atoms with Crippen LogP contribution in [0.5, 0.6) is 0 Å². The summed E-state index contributed by atoms with van der Waals surface area (Å²) in [6.07, 6.45) is 3.01. The van der Waals surface area contributed by atoms with E-state index in [9.17, 15) is 14.4 Å². The molecule has 0 atom stereocenters. The molecule has 20 heavy (non-hydrogen) atoms. The second-order valence-corrected chi connectivity index (χ2v) is 6.21. The van der Waals surface area contributed by atoms with E-state index in [0.717, 1.165) is 17.3 Å². The van der Waals surface area contributed by atoms with Gasteiger partial charge in [-0.25, -0.2) is 4.39 Å². The van der Waals surface area contributed by atoms with Crippen molar-refractivity contribution in [1.29, 1.82) is 5.26 Å². The number of nitrogens with zero attached hydrogens (tertiary/aromatic N) is 2. The number of hydrogen-bond acceptors (Lipinski definition) is 2. The zero-order chi connectivity index (χ0) is 14.8. The van der Waals surface area contributed by atoms with Gasteiger partial charge in [0.15, 0.2) is 0 Å². The molecule has 0 spiro atoms. The fraction of sp³-hybridized carbons (Fsp3) is 0.467. The first-order chi connectivity index (χ1) is 9.48. The van der Waals surface area contributed by atoms with Crippen LogP contribution in [-0.2, 0) is 11.3 Å². The van der Waals surface area contributed by atoms with Crippen LogP contribution in [0.4, 0.5) is 4.39 Å². The van der Waals surface area contributed by atoms with E-state index >= 15 is 0 Å². The zero-order valence-corrected chi connectivity index (χ0v) is 12.9. The first-order valence-electron chi connectivity index (χ1n) is 6.59. The van der Waals surface area contributed by atoms with E-state index in [1.165, 1.54) is 11.0 Å². The Labute approximate surface area is 126 Å². The average molecular weight is 339 g/mol. The van der Waals surface area contributed by atoms with Crippen molar-refractivity contribution in [3.8, 4) is 6.07 Å². The van der Waals surface area contributed by atoms with E-state index in [-0.39, 0.29) is 18.3 Å². The van der Waals surface area contributed by atoms with Crippen LogP contribution in [0.1, 0.15) is 31.2 Å². The molecule has 1 aromatic carbocycles. The van der Waals surface area contributed by atoms with Crippen molar-refractivity contribution in [3.05, 3.63) is 34.1 Å². The first-order valence-corrected chi connectivity index (χ1v) is 7.38. The molecule has 0 aromatic heterocycles. The maximum Gasteiger partial charge on any atom is 0.243 e. The van der Waals surface area contributed by atoms with Gasteiger partial charge >= 0.3 is 0 Å². The number of carbonyl (C=O) groups excluding carboxylic acids is 1. The number of nitriles is 1. The van der Waals surface area contributed by atoms with Crippen molar-refractivity contribution in [2.75, 3.05) is 7.05 Å². The Balaban J connectivity index is 2.16. The van der Waals surface area contributed by atoms with Crippen LogP contribution >= 0.6 is 15.9 Å². The summed E-state index contributed by atoms with van der Waals surface area (Å²) in [7, 11) is 1.63. The van der Waals surface area contributed by atoms with Crippen molar-refractivity contribution in [1.82, 2.24) is 4.90 Å². The van der Waals surface area contributed by atoms with Crippen LogP contribution in [0.25, 0.3) is 0 Å². The monoisotopic (exact) mass is 338 g/mol. The Morgan fingerprint density at radius 1 is 1.50 bits per heavy atom. The molecule has 1 aliphatic rings. The molecule has 0 N–H and O–H groups in total. The highest BCUT2D eigenvalue weighted by molar-refractivity contribution is 9.10. The molecule has 1 fully saturated rings. The van der Waals surface area contributed by atoms with E-state index in [1.807, 2.05) is 0 Å². The maximum atomic E-state index is 13.7. The van der Waals surface area contributed by atoms with Gasteiger partial charge in [0.2, 0.25) is 5.91 Å². The van der Waals surface area contributed by atoms with E-state index in [4.69, 9.17) is 0 Å². The van der Waals surface area contributed by atoms with Gasteiger partial charge in [-0.3, -0.25) is 4.79 Å². The minimum atomic E-state index is -0.906. The van der Waals surface area contributed by atoms with Gasteiger partial charge in [0, 0.05) is 23.6 Å². The lowest BCUT2D eigenvalue weighted by Crippen LogP contribution is -2.39. The summed E-state index contributed by atoms with van der Waals surface area (Å²) in [5.41, 5.74) is -0.460. The van der Waals surface area contributed by atoms with Gasteiger partial charge in [-0.1, -0.05) is 28.8 Å². The van der Waals surface area contributed by atoms with Gasteiger partial charge in [0.05, 0.1) is 6.07 Å². The van der Waals surface area contributed by atoms with E-state index < -0.39 is 5.41 Å². The van der Waals surface area contributed by atoms with Crippen molar-refractivity contribution in [3.63, 3.8) is 0 Å². The Bertz CT molecular complexity index is 561. The summed E-state index contributed by atoms with van der Waals surface area (Å²) in [5.74, 6) is -0.540. The molecule has 0 saturated heterocycles. The predicted octanol–water partition coefficient (Wildman–Crippen LogP) is 3.63. The predicted molar refractivity (Wildman–Crippen MR) is 77.1 cm³/mol. The average Bonchev–Trinajstić information content (AvgIpc) is 2.92. The van der Waals surface area contributed by atoms with Gasteiger partial charge in [-0.2, -0.15) is 5.26 Å². The summed E-state index contributed by atoms with van der Waals surface area (Å²) in [4.78, 5) is 13.9. The summed E-state index contributed by atoms with van der Waals surface area (Å²) in [6, 6.07) is 6.82. The molecule has 0 bridgehead atoms. The summed E-state index contributed by atoms with van der Waals surface area (Å²) < 4.78 is 14.5. The minimum absolute atomic E-state index is 0.174. The molecule has 1 aromatic rings. The molecule has 0 radical (unpaired) electrons. The fourth-order valence-corrected chi connectivity index (χ4v) is 3.12. The summed E-state index contributed by atoms with van der Waals surface area (Å²) in [5, 5.41) is 9.32. The van der Waals surface area contributed by atoms with Crippen LogP contribution < -0.4 is 0 Å². The number of carbonyl (C=O) groups is 1. The second kappa shape index (κ2) is 5.92. The van der Waals surface area contributed by atoms with E-state index in [0.29, 0.717) is 18.4 Å². The number of rotatable bonds is 3. The number of halogens is 2. The van der Waals surface area contributed by atoms with Gasteiger partial charge < -0.3 is 4.90 Å². The number of benzene rings is 1. The lowest BCUT2D eigenvalue weighted by atomic mass is 9.86. The maximum absolute atomic E-state index is 13.7. The smallest absolute Gasteiger partial charge is 0.243 e. The Kier molecular flexibility index (Phi) is 4.44. The molecular weight excluding hydrogens is 323 g/mol. The summed E-state index contributed by atoms with van der Waals surface area (Å²) in [6.45, 7) is 0.174. The highest BCUT2D eigenvalue weighted by Crippen LogP contribution is 2.39. The van der Waals surface area contributed by atoms with Crippen molar-refractivity contribution in [2.24, 2.45) is 5.41 Å². The minimum Gasteiger partial charge on any atom is -0.340 e. The Morgan fingerprint density at radius 3 is 2.75 bits per heavy atom. The molecular formula is C15H16BrFN2O. The third-order valence-corrected chi connectivity index (χ3v) is 4.34. The Hall–Kier alpha value is -1.41. The van der Waals surface area contributed by atoms with Crippen LogP contribution in [0.2, 0.25) is 0 Å². The number of hydrogen-bond donors (Lipinski definition) is 0. The van der Waals surface area contributed by atoms with E-state index in [2.05, 4.69) is 22.0 Å². The SMILES string of the molecule is CN(Cc1cc(Br)ccc1F)C(=O)C1(C#N)CCCC1. The van der Waals surface area contributed by atoms with Crippen LogP contribution in [0.3, 0.4) is 0 Å². The molecule has 1 amide bonds. The molecule has 0 unspecified atom stereocenters.